The molecule has 1 fully saturated rings. The molecule has 2 N–H and O–H groups in total. The van der Waals surface area contributed by atoms with Gasteiger partial charge in [0.2, 0.25) is 0 Å². The smallest absolute Gasteiger partial charge is 0.257 e. The van der Waals surface area contributed by atoms with Gasteiger partial charge in [-0.2, -0.15) is 0 Å². The van der Waals surface area contributed by atoms with Gasteiger partial charge in [0.15, 0.2) is 9.84 Å². The fraction of sp³-hybridized carbons (Fsp3) is 0.917. The Balaban J connectivity index is 2.07. The quantitative estimate of drug-likeness (QED) is 0.427. The molecule has 1 aliphatic heterocycles. The van der Waals surface area contributed by atoms with Gasteiger partial charge in [-0.05, 0) is 25.6 Å². The standard InChI is InChI=1S/C12H23NO6S2/c1-12(2-9-21(15,16)10-12)13-11(20)19-8-7-18-6-5-17-4-3-14/h14H,2-10H2,1H3,(H,13,20). The van der Waals surface area contributed by atoms with Crippen LogP contribution in [0.25, 0.3) is 0 Å². The molecule has 0 spiro atoms. The molecule has 0 aliphatic carbocycles. The van der Waals surface area contributed by atoms with E-state index in [1.807, 2.05) is 6.92 Å². The zero-order chi connectivity index (χ0) is 15.8. The monoisotopic (exact) mass is 341 g/mol. The second-order valence-electron chi connectivity index (χ2n) is 5.11. The maximum absolute atomic E-state index is 11.5. The molecular formula is C12H23NO6S2. The van der Waals surface area contributed by atoms with Crippen LogP contribution in [-0.2, 0) is 24.0 Å². The van der Waals surface area contributed by atoms with Gasteiger partial charge >= 0.3 is 0 Å². The first-order valence-electron chi connectivity index (χ1n) is 6.79. The summed E-state index contributed by atoms with van der Waals surface area (Å²) in [6.45, 7) is 3.60. The Morgan fingerprint density at radius 1 is 1.24 bits per heavy atom. The van der Waals surface area contributed by atoms with Crippen molar-refractivity contribution in [3.63, 3.8) is 0 Å². The van der Waals surface area contributed by atoms with Gasteiger partial charge in [0.1, 0.15) is 6.61 Å². The highest BCUT2D eigenvalue weighted by Crippen LogP contribution is 2.22. The fourth-order valence-corrected chi connectivity index (χ4v) is 4.39. The SMILES string of the molecule is CC1(NC(=S)OCCOCCOCCO)CCS(=O)(=O)C1. The summed E-state index contributed by atoms with van der Waals surface area (Å²) in [5.41, 5.74) is -0.547. The summed E-state index contributed by atoms with van der Waals surface area (Å²) in [6.07, 6.45) is 0.525. The molecule has 0 aromatic carbocycles. The number of rotatable bonds is 9. The van der Waals surface area contributed by atoms with Gasteiger partial charge in [0.25, 0.3) is 5.17 Å². The molecule has 1 atom stereocenters. The normalized spacial score (nSPS) is 23.9. The first-order chi connectivity index (χ1) is 9.87. The Morgan fingerprint density at radius 2 is 1.86 bits per heavy atom. The van der Waals surface area contributed by atoms with Crippen LogP contribution in [0.3, 0.4) is 0 Å². The molecule has 0 aromatic heterocycles. The predicted molar refractivity (Wildman–Crippen MR) is 82.1 cm³/mol. The summed E-state index contributed by atoms with van der Waals surface area (Å²) in [6, 6.07) is 0. The van der Waals surface area contributed by atoms with Gasteiger partial charge in [-0.1, -0.05) is 0 Å². The van der Waals surface area contributed by atoms with Gasteiger partial charge < -0.3 is 24.6 Å². The van der Waals surface area contributed by atoms with Crippen molar-refractivity contribution in [2.24, 2.45) is 0 Å². The number of aliphatic hydroxyl groups excluding tert-OH is 1. The van der Waals surface area contributed by atoms with Gasteiger partial charge in [0.05, 0.1) is 50.1 Å². The average Bonchev–Trinajstić information content (AvgIpc) is 2.66. The minimum absolute atomic E-state index is 0.00244. The lowest BCUT2D eigenvalue weighted by molar-refractivity contribution is 0.0233. The van der Waals surface area contributed by atoms with Crippen molar-refractivity contribution < 1.29 is 27.7 Å². The maximum atomic E-state index is 11.5. The van der Waals surface area contributed by atoms with Gasteiger partial charge in [-0.3, -0.25) is 0 Å². The fourth-order valence-electron chi connectivity index (χ4n) is 1.97. The van der Waals surface area contributed by atoms with E-state index in [1.54, 1.807) is 0 Å². The highest BCUT2D eigenvalue weighted by atomic mass is 32.2. The molecule has 1 unspecified atom stereocenters. The van der Waals surface area contributed by atoms with Crippen LogP contribution in [0.4, 0.5) is 0 Å². The van der Waals surface area contributed by atoms with E-state index in [1.165, 1.54) is 0 Å². The van der Waals surface area contributed by atoms with Crippen LogP contribution in [-0.4, -0.2) is 75.4 Å². The Hall–Kier alpha value is -0.480. The molecular weight excluding hydrogens is 318 g/mol. The summed E-state index contributed by atoms with van der Waals surface area (Å²) >= 11 is 5.04. The van der Waals surface area contributed by atoms with E-state index in [9.17, 15) is 8.42 Å². The van der Waals surface area contributed by atoms with E-state index >= 15 is 0 Å². The summed E-state index contributed by atoms with van der Waals surface area (Å²) in [5, 5.41) is 11.6. The summed E-state index contributed by atoms with van der Waals surface area (Å²) < 4.78 is 38.5. The highest BCUT2D eigenvalue weighted by molar-refractivity contribution is 7.91. The number of sulfone groups is 1. The second-order valence-corrected chi connectivity index (χ2v) is 7.67. The molecule has 1 heterocycles. The predicted octanol–water partition coefficient (Wildman–Crippen LogP) is -0.520. The number of nitrogens with one attached hydrogen (secondary N) is 1. The van der Waals surface area contributed by atoms with E-state index in [4.69, 9.17) is 31.5 Å². The van der Waals surface area contributed by atoms with Crippen LogP contribution in [0, 0.1) is 0 Å². The number of ether oxygens (including phenoxy) is 3. The van der Waals surface area contributed by atoms with Crippen LogP contribution in [0.5, 0.6) is 0 Å². The Labute approximate surface area is 130 Å². The van der Waals surface area contributed by atoms with Crippen molar-refractivity contribution >= 4 is 27.2 Å². The van der Waals surface area contributed by atoms with E-state index in [2.05, 4.69) is 5.32 Å². The second kappa shape index (κ2) is 8.84. The molecule has 9 heteroatoms. The van der Waals surface area contributed by atoms with Crippen molar-refractivity contribution in [2.45, 2.75) is 18.9 Å². The zero-order valence-corrected chi connectivity index (χ0v) is 13.8. The van der Waals surface area contributed by atoms with Crippen molar-refractivity contribution in [1.29, 1.82) is 0 Å². The molecule has 7 nitrogen and oxygen atoms in total. The van der Waals surface area contributed by atoms with Crippen molar-refractivity contribution in [3.05, 3.63) is 0 Å². The minimum Gasteiger partial charge on any atom is -0.469 e. The molecule has 21 heavy (non-hydrogen) atoms. The van der Waals surface area contributed by atoms with Crippen LogP contribution in [0.15, 0.2) is 0 Å². The van der Waals surface area contributed by atoms with E-state index < -0.39 is 15.4 Å². The lowest BCUT2D eigenvalue weighted by atomic mass is 10.0. The highest BCUT2D eigenvalue weighted by Gasteiger charge is 2.39. The minimum atomic E-state index is -2.97. The largest absolute Gasteiger partial charge is 0.469 e. The molecule has 0 bridgehead atoms. The van der Waals surface area contributed by atoms with Crippen LogP contribution >= 0.6 is 12.2 Å². The van der Waals surface area contributed by atoms with Gasteiger partial charge in [-0.15, -0.1) is 0 Å². The number of aliphatic hydroxyl groups is 1. The zero-order valence-electron chi connectivity index (χ0n) is 12.2. The average molecular weight is 341 g/mol. The topological polar surface area (TPSA) is 94.1 Å². The van der Waals surface area contributed by atoms with Crippen molar-refractivity contribution in [3.8, 4) is 0 Å². The number of hydrogen-bond acceptors (Lipinski definition) is 7. The van der Waals surface area contributed by atoms with Crippen LogP contribution < -0.4 is 5.32 Å². The molecule has 1 aliphatic rings. The summed E-state index contributed by atoms with van der Waals surface area (Å²) in [5.74, 6) is 0.248. The van der Waals surface area contributed by atoms with Crippen LogP contribution in [0.1, 0.15) is 13.3 Å². The van der Waals surface area contributed by atoms with Crippen molar-refractivity contribution in [2.75, 3.05) is 51.1 Å². The molecule has 1 saturated heterocycles. The third-order valence-corrected chi connectivity index (χ3v) is 5.10. The molecule has 0 aromatic rings. The summed E-state index contributed by atoms with van der Waals surface area (Å²) in [7, 11) is -2.97. The van der Waals surface area contributed by atoms with Gasteiger partial charge in [0, 0.05) is 0 Å². The molecule has 0 radical (unpaired) electrons. The Kier molecular flexibility index (Phi) is 7.82. The number of thiocarbonyl (C=S) groups is 1. The van der Waals surface area contributed by atoms with E-state index in [0.29, 0.717) is 32.8 Å². The molecule has 124 valence electrons. The molecule has 1 rings (SSSR count). The first kappa shape index (κ1) is 18.6. The third-order valence-electron chi connectivity index (χ3n) is 2.98. The lowest BCUT2D eigenvalue weighted by Crippen LogP contribution is -2.47. The van der Waals surface area contributed by atoms with E-state index in [-0.39, 0.29) is 29.9 Å². The Bertz CT molecular complexity index is 427. The van der Waals surface area contributed by atoms with Gasteiger partial charge in [-0.25, -0.2) is 8.42 Å². The van der Waals surface area contributed by atoms with E-state index in [0.717, 1.165) is 0 Å². The molecule has 0 saturated carbocycles. The molecule has 0 amide bonds. The Morgan fingerprint density at radius 3 is 2.43 bits per heavy atom. The lowest BCUT2D eigenvalue weighted by Gasteiger charge is -2.25. The maximum Gasteiger partial charge on any atom is 0.257 e. The number of hydrogen-bond donors (Lipinski definition) is 2. The van der Waals surface area contributed by atoms with Crippen LogP contribution in [0.2, 0.25) is 0 Å². The first-order valence-corrected chi connectivity index (χ1v) is 9.02. The van der Waals surface area contributed by atoms with Crippen molar-refractivity contribution in [1.82, 2.24) is 5.32 Å². The third kappa shape index (κ3) is 7.91. The summed E-state index contributed by atoms with van der Waals surface area (Å²) in [4.78, 5) is 0.